The van der Waals surface area contributed by atoms with E-state index in [0.29, 0.717) is 11.6 Å². The number of benzene rings is 2. The van der Waals surface area contributed by atoms with Crippen LogP contribution >= 0.6 is 11.6 Å². The molecule has 0 saturated carbocycles. The van der Waals surface area contributed by atoms with Gasteiger partial charge in [0, 0.05) is 22.5 Å². The van der Waals surface area contributed by atoms with Crippen LogP contribution in [-0.4, -0.2) is 59.9 Å². The van der Waals surface area contributed by atoms with Crippen molar-refractivity contribution in [1.82, 2.24) is 14.7 Å². The second-order valence-electron chi connectivity index (χ2n) is 7.53. The molecule has 1 amide bonds. The van der Waals surface area contributed by atoms with E-state index >= 15 is 0 Å². The Balaban J connectivity index is 1.25. The van der Waals surface area contributed by atoms with Crippen LogP contribution in [0.3, 0.4) is 0 Å². The third-order valence-electron chi connectivity index (χ3n) is 5.49. The van der Waals surface area contributed by atoms with Crippen LogP contribution in [0, 0.1) is 6.92 Å². The zero-order valence-corrected chi connectivity index (χ0v) is 17.8. The quantitative estimate of drug-likeness (QED) is 0.659. The van der Waals surface area contributed by atoms with Crippen LogP contribution in [0.5, 0.6) is 5.75 Å². The molecule has 1 fully saturated rings. The highest BCUT2D eigenvalue weighted by Gasteiger charge is 2.24. The molecular weight excluding hydrogens is 400 g/mol. The maximum Gasteiger partial charge on any atom is 0.254 e. The SMILES string of the molecule is Cc1ccnn1-c1ccc(C(=O)N2CC[NH+](CCOc3ccc(Cl)cc3)CC2)cc1. The van der Waals surface area contributed by atoms with Gasteiger partial charge in [-0.05, 0) is 61.5 Å². The molecule has 30 heavy (non-hydrogen) atoms. The number of rotatable bonds is 6. The topological polar surface area (TPSA) is 51.8 Å². The fourth-order valence-electron chi connectivity index (χ4n) is 3.69. The highest BCUT2D eigenvalue weighted by molar-refractivity contribution is 6.30. The number of aromatic nitrogens is 2. The molecule has 6 nitrogen and oxygen atoms in total. The molecule has 3 aromatic rings. The summed E-state index contributed by atoms with van der Waals surface area (Å²) in [6.07, 6.45) is 1.77. The van der Waals surface area contributed by atoms with Crippen molar-refractivity contribution in [2.75, 3.05) is 39.3 Å². The Kier molecular flexibility index (Phi) is 6.35. The van der Waals surface area contributed by atoms with Crippen molar-refractivity contribution in [3.8, 4) is 11.4 Å². The minimum Gasteiger partial charge on any atom is -0.488 e. The number of ether oxygens (including phenoxy) is 1. The van der Waals surface area contributed by atoms with Gasteiger partial charge in [0.25, 0.3) is 5.91 Å². The number of carbonyl (C=O) groups excluding carboxylic acids is 1. The summed E-state index contributed by atoms with van der Waals surface area (Å²) in [4.78, 5) is 16.3. The second kappa shape index (κ2) is 9.32. The highest BCUT2D eigenvalue weighted by atomic mass is 35.5. The van der Waals surface area contributed by atoms with Gasteiger partial charge in [-0.2, -0.15) is 5.10 Å². The fraction of sp³-hybridized carbons (Fsp3) is 0.304. The molecule has 1 saturated heterocycles. The molecule has 4 rings (SSSR count). The van der Waals surface area contributed by atoms with Crippen molar-refractivity contribution < 1.29 is 14.4 Å². The van der Waals surface area contributed by atoms with E-state index in [1.165, 1.54) is 4.90 Å². The molecule has 1 aromatic heterocycles. The minimum atomic E-state index is 0.0928. The molecule has 0 unspecified atom stereocenters. The molecule has 7 heteroatoms. The predicted octanol–water partition coefficient (Wildman–Crippen LogP) is 2.25. The second-order valence-corrected chi connectivity index (χ2v) is 7.96. The van der Waals surface area contributed by atoms with Gasteiger partial charge in [-0.3, -0.25) is 4.79 Å². The van der Waals surface area contributed by atoms with Gasteiger partial charge < -0.3 is 14.5 Å². The van der Waals surface area contributed by atoms with Crippen molar-refractivity contribution in [3.63, 3.8) is 0 Å². The van der Waals surface area contributed by atoms with E-state index in [1.807, 2.05) is 71.1 Å². The number of hydrogen-bond donors (Lipinski definition) is 1. The summed E-state index contributed by atoms with van der Waals surface area (Å²) in [7, 11) is 0. The standard InChI is InChI=1S/C23H25ClN4O2/c1-18-10-11-25-28(18)21-6-2-19(3-7-21)23(29)27-14-12-26(13-15-27)16-17-30-22-8-4-20(24)5-9-22/h2-11H,12-17H2,1H3/p+1. The first-order chi connectivity index (χ1) is 14.6. The first kappa shape index (κ1) is 20.4. The number of piperazine rings is 1. The maximum atomic E-state index is 12.9. The van der Waals surface area contributed by atoms with Gasteiger partial charge in [0.15, 0.2) is 0 Å². The van der Waals surface area contributed by atoms with E-state index < -0.39 is 0 Å². The first-order valence-electron chi connectivity index (χ1n) is 10.2. The Bertz CT molecular complexity index is 977. The van der Waals surface area contributed by atoms with Crippen molar-refractivity contribution in [1.29, 1.82) is 0 Å². The molecule has 1 aliphatic heterocycles. The van der Waals surface area contributed by atoms with Gasteiger partial charge in [0.1, 0.15) is 18.9 Å². The van der Waals surface area contributed by atoms with E-state index in [2.05, 4.69) is 5.10 Å². The smallest absolute Gasteiger partial charge is 0.254 e. The summed E-state index contributed by atoms with van der Waals surface area (Å²) in [5.74, 6) is 0.927. The van der Waals surface area contributed by atoms with Crippen LogP contribution in [0.2, 0.25) is 5.02 Å². The molecule has 0 atom stereocenters. The summed E-state index contributed by atoms with van der Waals surface area (Å²) in [5.41, 5.74) is 2.75. The lowest BCUT2D eigenvalue weighted by molar-refractivity contribution is -0.903. The number of halogens is 1. The zero-order valence-electron chi connectivity index (χ0n) is 17.1. The van der Waals surface area contributed by atoms with Gasteiger partial charge >= 0.3 is 0 Å². The minimum absolute atomic E-state index is 0.0928. The molecule has 2 aromatic carbocycles. The molecule has 0 radical (unpaired) electrons. The average Bonchev–Trinajstić information content (AvgIpc) is 3.21. The number of carbonyl (C=O) groups is 1. The number of hydrogen-bond acceptors (Lipinski definition) is 3. The molecule has 156 valence electrons. The number of aryl methyl sites for hydroxylation is 1. The lowest BCUT2D eigenvalue weighted by Gasteiger charge is -2.32. The summed E-state index contributed by atoms with van der Waals surface area (Å²) in [6.45, 7) is 6.96. The summed E-state index contributed by atoms with van der Waals surface area (Å²) >= 11 is 5.89. The van der Waals surface area contributed by atoms with Crippen LogP contribution in [0.15, 0.2) is 60.8 Å². The first-order valence-corrected chi connectivity index (χ1v) is 10.6. The normalized spacial score (nSPS) is 14.7. The Morgan fingerprint density at radius 3 is 2.40 bits per heavy atom. The largest absolute Gasteiger partial charge is 0.488 e. The van der Waals surface area contributed by atoms with Gasteiger partial charge in [-0.25, -0.2) is 4.68 Å². The van der Waals surface area contributed by atoms with Crippen molar-refractivity contribution >= 4 is 17.5 Å². The lowest BCUT2D eigenvalue weighted by atomic mass is 10.1. The van der Waals surface area contributed by atoms with Crippen molar-refractivity contribution in [2.45, 2.75) is 6.92 Å². The molecule has 1 aliphatic rings. The monoisotopic (exact) mass is 425 g/mol. The molecule has 0 spiro atoms. The van der Waals surface area contributed by atoms with Gasteiger partial charge in [-0.1, -0.05) is 11.6 Å². The van der Waals surface area contributed by atoms with E-state index in [0.717, 1.165) is 55.4 Å². The third-order valence-corrected chi connectivity index (χ3v) is 5.74. The number of amides is 1. The summed E-state index contributed by atoms with van der Waals surface area (Å²) in [5, 5.41) is 5.02. The van der Waals surface area contributed by atoms with Crippen LogP contribution in [0.4, 0.5) is 0 Å². The number of nitrogens with zero attached hydrogens (tertiary/aromatic N) is 3. The van der Waals surface area contributed by atoms with E-state index in [-0.39, 0.29) is 5.91 Å². The summed E-state index contributed by atoms with van der Waals surface area (Å²) < 4.78 is 7.65. The summed E-state index contributed by atoms with van der Waals surface area (Å²) in [6, 6.07) is 17.1. The fourth-order valence-corrected chi connectivity index (χ4v) is 3.81. The lowest BCUT2D eigenvalue weighted by Crippen LogP contribution is -3.15. The Morgan fingerprint density at radius 1 is 1.07 bits per heavy atom. The third kappa shape index (κ3) is 4.83. The van der Waals surface area contributed by atoms with Crippen LogP contribution < -0.4 is 9.64 Å². The van der Waals surface area contributed by atoms with Crippen LogP contribution in [0.25, 0.3) is 5.69 Å². The number of quaternary nitrogens is 1. The van der Waals surface area contributed by atoms with Gasteiger partial charge in [-0.15, -0.1) is 0 Å². The van der Waals surface area contributed by atoms with E-state index in [9.17, 15) is 4.79 Å². The van der Waals surface area contributed by atoms with Crippen LogP contribution in [0.1, 0.15) is 16.1 Å². The molecule has 1 N–H and O–H groups in total. The van der Waals surface area contributed by atoms with Crippen molar-refractivity contribution in [3.05, 3.63) is 77.1 Å². The molecule has 0 bridgehead atoms. The average molecular weight is 426 g/mol. The Morgan fingerprint density at radius 2 is 1.77 bits per heavy atom. The van der Waals surface area contributed by atoms with Gasteiger partial charge in [0.05, 0.1) is 31.9 Å². The van der Waals surface area contributed by atoms with E-state index in [1.54, 1.807) is 6.20 Å². The number of nitrogens with one attached hydrogen (secondary N) is 1. The Hall–Kier alpha value is -2.83. The van der Waals surface area contributed by atoms with Gasteiger partial charge in [0.2, 0.25) is 0 Å². The van der Waals surface area contributed by atoms with Crippen LogP contribution in [-0.2, 0) is 0 Å². The Labute approximate surface area is 181 Å². The van der Waals surface area contributed by atoms with E-state index in [4.69, 9.17) is 16.3 Å². The highest BCUT2D eigenvalue weighted by Crippen LogP contribution is 2.15. The van der Waals surface area contributed by atoms with Crippen molar-refractivity contribution in [2.24, 2.45) is 0 Å². The molecular formula is C23H26ClN4O2+. The molecule has 2 heterocycles. The maximum absolute atomic E-state index is 12.9. The predicted molar refractivity (Wildman–Crippen MR) is 117 cm³/mol. The molecule has 0 aliphatic carbocycles. The zero-order chi connectivity index (χ0) is 20.9.